The third-order valence-electron chi connectivity index (χ3n) is 3.82. The first-order valence-corrected chi connectivity index (χ1v) is 7.08. The molecule has 2 N–H and O–H groups in total. The van der Waals surface area contributed by atoms with E-state index in [1.807, 2.05) is 26.8 Å². The van der Waals surface area contributed by atoms with E-state index in [0.29, 0.717) is 0 Å². The van der Waals surface area contributed by atoms with Gasteiger partial charge < -0.3 is 20.1 Å². The Morgan fingerprint density at radius 1 is 1.32 bits per heavy atom. The van der Waals surface area contributed by atoms with Gasteiger partial charge in [0, 0.05) is 19.3 Å². The molecule has 0 aliphatic carbocycles. The number of aliphatic carboxylic acids is 1. The molecule has 0 heterocycles. The molecule has 0 saturated carbocycles. The Bertz CT molecular complexity index is 584. The number of amides is 2. The van der Waals surface area contributed by atoms with Crippen LogP contribution in [0.3, 0.4) is 0 Å². The van der Waals surface area contributed by atoms with Gasteiger partial charge in [0.05, 0.1) is 13.0 Å². The minimum absolute atomic E-state index is 0.147. The molecule has 0 spiro atoms. The molecule has 0 aliphatic heterocycles. The van der Waals surface area contributed by atoms with Crippen LogP contribution in [0.5, 0.6) is 5.75 Å². The lowest BCUT2D eigenvalue weighted by atomic mass is 10.0. The number of nitrogens with one attached hydrogen (secondary N) is 1. The highest BCUT2D eigenvalue weighted by Gasteiger charge is 2.19. The average molecular weight is 308 g/mol. The number of carboxylic acids is 1. The molecule has 1 unspecified atom stereocenters. The summed E-state index contributed by atoms with van der Waals surface area (Å²) in [4.78, 5) is 24.5. The van der Waals surface area contributed by atoms with Crippen LogP contribution in [0.15, 0.2) is 6.07 Å². The van der Waals surface area contributed by atoms with Crippen molar-refractivity contribution in [2.45, 2.75) is 27.7 Å². The SMILES string of the molecule is COc1cc(C)c(NC(=O)N(C)CC(C)C(=O)O)c(C)c1C. The lowest BCUT2D eigenvalue weighted by Crippen LogP contribution is -2.37. The third kappa shape index (κ3) is 3.90. The molecular weight excluding hydrogens is 284 g/mol. The normalized spacial score (nSPS) is 11.7. The number of hydrogen-bond acceptors (Lipinski definition) is 3. The van der Waals surface area contributed by atoms with Crippen molar-refractivity contribution >= 4 is 17.7 Å². The van der Waals surface area contributed by atoms with Gasteiger partial charge >= 0.3 is 12.0 Å². The summed E-state index contributed by atoms with van der Waals surface area (Å²) in [5.41, 5.74) is 3.53. The molecule has 1 atom stereocenters. The summed E-state index contributed by atoms with van der Waals surface area (Å²) in [6.45, 7) is 7.46. The second-order valence-electron chi connectivity index (χ2n) is 5.57. The molecule has 0 saturated heterocycles. The Hall–Kier alpha value is -2.24. The largest absolute Gasteiger partial charge is 0.496 e. The fourth-order valence-corrected chi connectivity index (χ4v) is 2.22. The van der Waals surface area contributed by atoms with E-state index in [4.69, 9.17) is 9.84 Å². The first-order valence-electron chi connectivity index (χ1n) is 7.08. The average Bonchev–Trinajstić information content (AvgIpc) is 2.46. The molecule has 22 heavy (non-hydrogen) atoms. The van der Waals surface area contributed by atoms with Gasteiger partial charge in [-0.3, -0.25) is 4.79 Å². The summed E-state index contributed by atoms with van der Waals surface area (Å²) in [5, 5.41) is 11.8. The molecule has 0 fully saturated rings. The molecule has 2 amide bonds. The minimum atomic E-state index is -0.924. The molecule has 1 rings (SSSR count). The Balaban J connectivity index is 2.93. The van der Waals surface area contributed by atoms with Crippen LogP contribution in [-0.2, 0) is 4.79 Å². The highest BCUT2D eigenvalue weighted by atomic mass is 16.5. The van der Waals surface area contributed by atoms with E-state index < -0.39 is 11.9 Å². The molecule has 6 heteroatoms. The number of carbonyl (C=O) groups is 2. The smallest absolute Gasteiger partial charge is 0.321 e. The third-order valence-corrected chi connectivity index (χ3v) is 3.82. The molecule has 1 aromatic rings. The van der Waals surface area contributed by atoms with Crippen LogP contribution in [-0.4, -0.2) is 42.7 Å². The summed E-state index contributed by atoms with van der Waals surface area (Å²) in [5.74, 6) is -0.760. The van der Waals surface area contributed by atoms with E-state index in [0.717, 1.165) is 28.1 Å². The van der Waals surface area contributed by atoms with Gasteiger partial charge in [-0.1, -0.05) is 6.92 Å². The van der Waals surface area contributed by atoms with Crippen LogP contribution in [0.2, 0.25) is 0 Å². The van der Waals surface area contributed by atoms with E-state index in [1.54, 1.807) is 21.1 Å². The van der Waals surface area contributed by atoms with E-state index in [2.05, 4.69) is 5.32 Å². The molecule has 122 valence electrons. The highest BCUT2D eigenvalue weighted by Crippen LogP contribution is 2.31. The van der Waals surface area contributed by atoms with Gasteiger partial charge in [0.15, 0.2) is 0 Å². The number of ether oxygens (including phenoxy) is 1. The number of carboxylic acid groups (broad SMARTS) is 1. The van der Waals surface area contributed by atoms with Crippen molar-refractivity contribution in [3.63, 3.8) is 0 Å². The van der Waals surface area contributed by atoms with Crippen LogP contribution < -0.4 is 10.1 Å². The standard InChI is InChI=1S/C16H24N2O4/c1-9-7-13(22-6)11(3)12(4)14(9)17-16(21)18(5)8-10(2)15(19)20/h7,10H,8H2,1-6H3,(H,17,21)(H,19,20). The summed E-state index contributed by atoms with van der Waals surface area (Å²) in [6, 6.07) is 1.54. The Labute approximate surface area is 131 Å². The van der Waals surface area contributed by atoms with Crippen molar-refractivity contribution < 1.29 is 19.4 Å². The fraction of sp³-hybridized carbons (Fsp3) is 0.500. The zero-order valence-electron chi connectivity index (χ0n) is 14.0. The van der Waals surface area contributed by atoms with Gasteiger partial charge in [-0.2, -0.15) is 0 Å². The number of methoxy groups -OCH3 is 1. The Morgan fingerprint density at radius 2 is 1.91 bits per heavy atom. The van der Waals surface area contributed by atoms with Crippen LogP contribution in [0.25, 0.3) is 0 Å². The van der Waals surface area contributed by atoms with Crippen molar-refractivity contribution in [3.05, 3.63) is 22.8 Å². The number of anilines is 1. The predicted octanol–water partition coefficient (Wildman–Crippen LogP) is 2.80. The number of nitrogens with zero attached hydrogens (tertiary/aromatic N) is 1. The van der Waals surface area contributed by atoms with Gasteiger partial charge in [0.2, 0.25) is 0 Å². The van der Waals surface area contributed by atoms with Crippen molar-refractivity contribution in [1.29, 1.82) is 0 Å². The maximum Gasteiger partial charge on any atom is 0.321 e. The van der Waals surface area contributed by atoms with Gasteiger partial charge in [-0.15, -0.1) is 0 Å². The topological polar surface area (TPSA) is 78.9 Å². The zero-order valence-corrected chi connectivity index (χ0v) is 14.0. The maximum absolute atomic E-state index is 12.2. The van der Waals surface area contributed by atoms with Crippen molar-refractivity contribution in [2.75, 3.05) is 26.0 Å². The molecule has 0 aliphatic rings. The number of urea groups is 1. The summed E-state index contributed by atoms with van der Waals surface area (Å²) in [7, 11) is 3.19. The van der Waals surface area contributed by atoms with Gasteiger partial charge in [0.1, 0.15) is 5.75 Å². The van der Waals surface area contributed by atoms with Gasteiger partial charge in [-0.25, -0.2) is 4.79 Å². The number of aryl methyl sites for hydroxylation is 1. The predicted molar refractivity (Wildman–Crippen MR) is 85.7 cm³/mol. The quantitative estimate of drug-likeness (QED) is 0.876. The Kier molecular flexibility index (Phi) is 5.79. The van der Waals surface area contributed by atoms with E-state index in [9.17, 15) is 9.59 Å². The molecule has 0 aromatic heterocycles. The second kappa shape index (κ2) is 7.15. The monoisotopic (exact) mass is 308 g/mol. The zero-order chi connectivity index (χ0) is 17.0. The molecule has 0 bridgehead atoms. The van der Waals surface area contributed by atoms with E-state index in [-0.39, 0.29) is 12.6 Å². The van der Waals surface area contributed by atoms with Crippen LogP contribution in [0, 0.1) is 26.7 Å². The lowest BCUT2D eigenvalue weighted by Gasteiger charge is -2.22. The summed E-state index contributed by atoms with van der Waals surface area (Å²) in [6.07, 6.45) is 0. The van der Waals surface area contributed by atoms with Crippen LogP contribution in [0.4, 0.5) is 10.5 Å². The van der Waals surface area contributed by atoms with Gasteiger partial charge in [-0.05, 0) is 43.5 Å². The van der Waals surface area contributed by atoms with E-state index in [1.165, 1.54) is 4.90 Å². The number of hydrogen-bond donors (Lipinski definition) is 2. The minimum Gasteiger partial charge on any atom is -0.496 e. The Morgan fingerprint density at radius 3 is 2.41 bits per heavy atom. The van der Waals surface area contributed by atoms with Crippen LogP contribution >= 0.6 is 0 Å². The highest BCUT2D eigenvalue weighted by molar-refractivity contribution is 5.91. The fourth-order valence-electron chi connectivity index (χ4n) is 2.22. The number of carbonyl (C=O) groups excluding carboxylic acids is 1. The molecule has 1 aromatic carbocycles. The lowest BCUT2D eigenvalue weighted by molar-refractivity contribution is -0.141. The number of benzene rings is 1. The first kappa shape index (κ1) is 17.8. The van der Waals surface area contributed by atoms with Crippen molar-refractivity contribution in [1.82, 2.24) is 4.90 Å². The summed E-state index contributed by atoms with van der Waals surface area (Å²) < 4.78 is 5.30. The van der Waals surface area contributed by atoms with Crippen molar-refractivity contribution in [2.24, 2.45) is 5.92 Å². The van der Waals surface area contributed by atoms with E-state index >= 15 is 0 Å². The number of rotatable bonds is 5. The van der Waals surface area contributed by atoms with Crippen molar-refractivity contribution in [3.8, 4) is 5.75 Å². The molecular formula is C16H24N2O4. The van der Waals surface area contributed by atoms with Crippen LogP contribution in [0.1, 0.15) is 23.6 Å². The first-order chi connectivity index (χ1) is 10.2. The maximum atomic E-state index is 12.2. The molecule has 0 radical (unpaired) electrons. The second-order valence-corrected chi connectivity index (χ2v) is 5.57. The molecule has 6 nitrogen and oxygen atoms in total. The van der Waals surface area contributed by atoms with Gasteiger partial charge in [0.25, 0.3) is 0 Å². The summed E-state index contributed by atoms with van der Waals surface area (Å²) >= 11 is 0.